The number of carboxylic acids is 1. The largest absolute Gasteiger partial charge is 0.481 e. The van der Waals surface area contributed by atoms with E-state index < -0.39 is 5.97 Å². The molecular formula is C23H25NO3. The van der Waals surface area contributed by atoms with Gasteiger partial charge in [-0.1, -0.05) is 48.5 Å². The maximum atomic E-state index is 12.9. The van der Waals surface area contributed by atoms with Crippen molar-refractivity contribution in [2.45, 2.75) is 32.1 Å². The van der Waals surface area contributed by atoms with Crippen molar-refractivity contribution in [2.75, 3.05) is 13.1 Å². The Morgan fingerprint density at radius 1 is 0.963 bits per heavy atom. The molecule has 2 aromatic rings. The number of hydrogen-bond acceptors (Lipinski definition) is 2. The fourth-order valence-electron chi connectivity index (χ4n) is 4.49. The molecule has 1 aliphatic carbocycles. The summed E-state index contributed by atoms with van der Waals surface area (Å²) < 4.78 is 0. The van der Waals surface area contributed by atoms with Gasteiger partial charge in [-0.05, 0) is 53.9 Å². The summed E-state index contributed by atoms with van der Waals surface area (Å²) >= 11 is 0. The first-order chi connectivity index (χ1) is 13.1. The molecule has 4 nitrogen and oxygen atoms in total. The van der Waals surface area contributed by atoms with Gasteiger partial charge in [-0.2, -0.15) is 0 Å². The van der Waals surface area contributed by atoms with Gasteiger partial charge in [-0.15, -0.1) is 0 Å². The van der Waals surface area contributed by atoms with Gasteiger partial charge in [0, 0.05) is 19.0 Å². The molecule has 1 aliphatic heterocycles. The van der Waals surface area contributed by atoms with Crippen molar-refractivity contribution in [3.63, 3.8) is 0 Å². The average molecular weight is 363 g/mol. The van der Waals surface area contributed by atoms with E-state index in [2.05, 4.69) is 29.2 Å². The number of hydrogen-bond donors (Lipinski definition) is 1. The molecule has 0 bridgehead atoms. The molecule has 4 rings (SSSR count). The summed E-state index contributed by atoms with van der Waals surface area (Å²) in [7, 11) is 0. The highest BCUT2D eigenvalue weighted by Gasteiger charge is 2.34. The lowest BCUT2D eigenvalue weighted by Crippen LogP contribution is -2.35. The Kier molecular flexibility index (Phi) is 4.97. The van der Waals surface area contributed by atoms with Crippen molar-refractivity contribution in [1.29, 1.82) is 0 Å². The van der Waals surface area contributed by atoms with Gasteiger partial charge in [-0.25, -0.2) is 0 Å². The Labute approximate surface area is 159 Å². The van der Waals surface area contributed by atoms with Crippen LogP contribution in [0.3, 0.4) is 0 Å². The van der Waals surface area contributed by atoms with E-state index in [-0.39, 0.29) is 12.3 Å². The molecule has 140 valence electrons. The first-order valence-electron chi connectivity index (χ1n) is 9.73. The summed E-state index contributed by atoms with van der Waals surface area (Å²) in [5, 5.41) is 8.86. The van der Waals surface area contributed by atoms with Crippen molar-refractivity contribution in [3.8, 4) is 0 Å². The number of benzene rings is 2. The lowest BCUT2D eigenvalue weighted by Gasteiger charge is -2.20. The summed E-state index contributed by atoms with van der Waals surface area (Å²) in [6.45, 7) is 1.69. The Morgan fingerprint density at radius 2 is 1.59 bits per heavy atom. The first-order valence-corrected chi connectivity index (χ1v) is 9.73. The van der Waals surface area contributed by atoms with E-state index in [9.17, 15) is 9.59 Å². The zero-order valence-corrected chi connectivity index (χ0v) is 15.4. The fraction of sp³-hybridized carbons (Fsp3) is 0.391. The van der Waals surface area contributed by atoms with Crippen LogP contribution in [0.25, 0.3) is 0 Å². The minimum Gasteiger partial charge on any atom is -0.481 e. The van der Waals surface area contributed by atoms with Gasteiger partial charge in [0.1, 0.15) is 0 Å². The van der Waals surface area contributed by atoms with Crippen molar-refractivity contribution in [1.82, 2.24) is 4.90 Å². The molecule has 0 saturated carbocycles. The van der Waals surface area contributed by atoms with Crippen molar-refractivity contribution in [3.05, 3.63) is 70.8 Å². The van der Waals surface area contributed by atoms with E-state index in [1.807, 2.05) is 24.3 Å². The maximum Gasteiger partial charge on any atom is 0.307 e. The van der Waals surface area contributed by atoms with Crippen LogP contribution < -0.4 is 0 Å². The first kappa shape index (κ1) is 17.8. The summed E-state index contributed by atoms with van der Waals surface area (Å²) in [5.74, 6) is 0.103. The Hall–Kier alpha value is -2.62. The highest BCUT2D eigenvalue weighted by Crippen LogP contribution is 2.30. The van der Waals surface area contributed by atoms with Crippen LogP contribution >= 0.6 is 0 Å². The number of likely N-dealkylation sites (tertiary alicyclic amines) is 1. The molecule has 1 unspecified atom stereocenters. The Balaban J connectivity index is 1.31. The number of aliphatic carboxylic acids is 1. The highest BCUT2D eigenvalue weighted by molar-refractivity contribution is 5.80. The lowest BCUT2D eigenvalue weighted by molar-refractivity contribution is -0.136. The van der Waals surface area contributed by atoms with Gasteiger partial charge >= 0.3 is 5.97 Å². The predicted octanol–water partition coefficient (Wildman–Crippen LogP) is 3.12. The van der Waals surface area contributed by atoms with E-state index in [1.54, 1.807) is 0 Å². The standard InChI is InChI=1S/C23H25NO3/c25-22(26)12-17-7-5-16(6-8-17)11-18-9-10-24(15-18)23(27)21-13-19-3-1-2-4-20(19)14-21/h1-8,18,21H,9-15H2,(H,25,26). The number of carbonyl (C=O) groups excluding carboxylic acids is 1. The van der Waals surface area contributed by atoms with Crippen LogP contribution in [0, 0.1) is 11.8 Å². The van der Waals surface area contributed by atoms with Gasteiger partial charge in [0.15, 0.2) is 0 Å². The molecule has 1 amide bonds. The smallest absolute Gasteiger partial charge is 0.307 e. The van der Waals surface area contributed by atoms with E-state index in [0.717, 1.165) is 44.3 Å². The van der Waals surface area contributed by atoms with Crippen LogP contribution in [0.1, 0.15) is 28.7 Å². The predicted molar refractivity (Wildman–Crippen MR) is 104 cm³/mol. The zero-order valence-electron chi connectivity index (χ0n) is 15.4. The maximum absolute atomic E-state index is 12.9. The Bertz CT molecular complexity index is 818. The molecule has 1 atom stereocenters. The van der Waals surface area contributed by atoms with Crippen LogP contribution in [-0.4, -0.2) is 35.0 Å². The SMILES string of the molecule is O=C(O)Cc1ccc(CC2CCN(C(=O)C3Cc4ccccc4C3)C2)cc1. The average Bonchev–Trinajstić information content (AvgIpc) is 3.29. The van der Waals surface area contributed by atoms with Gasteiger partial charge in [0.2, 0.25) is 5.91 Å². The van der Waals surface area contributed by atoms with Crippen LogP contribution in [0.2, 0.25) is 0 Å². The molecule has 27 heavy (non-hydrogen) atoms. The molecule has 4 heteroatoms. The third-order valence-electron chi connectivity index (χ3n) is 5.90. The third kappa shape index (κ3) is 4.05. The molecular weight excluding hydrogens is 338 g/mol. The second kappa shape index (κ2) is 7.55. The minimum atomic E-state index is -0.804. The normalized spacial score (nSPS) is 19.3. The Morgan fingerprint density at radius 3 is 2.22 bits per heavy atom. The van der Waals surface area contributed by atoms with Gasteiger partial charge < -0.3 is 10.0 Å². The minimum absolute atomic E-state index is 0.0652. The fourth-order valence-corrected chi connectivity index (χ4v) is 4.49. The van der Waals surface area contributed by atoms with E-state index in [1.165, 1.54) is 16.7 Å². The summed E-state index contributed by atoms with van der Waals surface area (Å²) in [5.41, 5.74) is 4.70. The third-order valence-corrected chi connectivity index (χ3v) is 5.90. The number of carboxylic acid groups (broad SMARTS) is 1. The summed E-state index contributed by atoms with van der Waals surface area (Å²) in [4.78, 5) is 25.8. The molecule has 0 radical (unpaired) electrons. The molecule has 2 aromatic carbocycles. The van der Waals surface area contributed by atoms with Crippen LogP contribution in [0.15, 0.2) is 48.5 Å². The number of nitrogens with zero attached hydrogens (tertiary/aromatic N) is 1. The zero-order chi connectivity index (χ0) is 18.8. The van der Waals surface area contributed by atoms with E-state index >= 15 is 0 Å². The molecule has 2 aliphatic rings. The lowest BCUT2D eigenvalue weighted by atomic mass is 9.97. The summed E-state index contributed by atoms with van der Waals surface area (Å²) in [6, 6.07) is 16.2. The quantitative estimate of drug-likeness (QED) is 0.888. The summed E-state index contributed by atoms with van der Waals surface area (Å²) in [6.07, 6.45) is 3.81. The molecule has 1 saturated heterocycles. The molecule has 0 aromatic heterocycles. The second-order valence-electron chi connectivity index (χ2n) is 7.90. The molecule has 0 spiro atoms. The van der Waals surface area contributed by atoms with Gasteiger partial charge in [0.25, 0.3) is 0 Å². The molecule has 1 heterocycles. The highest BCUT2D eigenvalue weighted by atomic mass is 16.4. The number of amides is 1. The van der Waals surface area contributed by atoms with Crippen LogP contribution in [0.4, 0.5) is 0 Å². The molecule has 1 fully saturated rings. The van der Waals surface area contributed by atoms with Crippen LogP contribution in [0.5, 0.6) is 0 Å². The van der Waals surface area contributed by atoms with Crippen molar-refractivity contribution < 1.29 is 14.7 Å². The van der Waals surface area contributed by atoms with E-state index in [4.69, 9.17) is 5.11 Å². The topological polar surface area (TPSA) is 57.6 Å². The van der Waals surface area contributed by atoms with Crippen molar-refractivity contribution >= 4 is 11.9 Å². The molecule has 1 N–H and O–H groups in total. The monoisotopic (exact) mass is 363 g/mol. The van der Waals surface area contributed by atoms with E-state index in [0.29, 0.717) is 11.8 Å². The number of rotatable bonds is 5. The number of carbonyl (C=O) groups is 2. The number of fused-ring (bicyclic) bond motifs is 1. The van der Waals surface area contributed by atoms with Crippen LogP contribution in [-0.2, 0) is 35.3 Å². The van der Waals surface area contributed by atoms with Gasteiger partial charge in [-0.3, -0.25) is 9.59 Å². The van der Waals surface area contributed by atoms with Gasteiger partial charge in [0.05, 0.1) is 6.42 Å². The second-order valence-corrected chi connectivity index (χ2v) is 7.90. The van der Waals surface area contributed by atoms with Crippen molar-refractivity contribution in [2.24, 2.45) is 11.8 Å².